The molecule has 0 aromatic heterocycles. The lowest BCUT2D eigenvalue weighted by Gasteiger charge is -2.28. The van der Waals surface area contributed by atoms with Gasteiger partial charge in [-0.2, -0.15) is 0 Å². The average molecular weight is 296 g/mol. The molecule has 0 unspecified atom stereocenters. The van der Waals surface area contributed by atoms with Gasteiger partial charge < -0.3 is 5.11 Å². The number of Topliss-reactive ketones (excluding diaryl/α,β-unsaturated/α-hetero) is 1. The minimum Gasteiger partial charge on any atom is -0.511 e. The lowest BCUT2D eigenvalue weighted by atomic mass is 9.77. The van der Waals surface area contributed by atoms with Gasteiger partial charge in [-0.3, -0.25) is 9.79 Å². The van der Waals surface area contributed by atoms with Crippen LogP contribution in [0.3, 0.4) is 0 Å². The van der Waals surface area contributed by atoms with Crippen LogP contribution in [0.5, 0.6) is 0 Å². The Balaban J connectivity index is 2.29. The highest BCUT2D eigenvalue weighted by Gasteiger charge is 2.32. The zero-order valence-electron chi connectivity index (χ0n) is 11.3. The standard InChI is InChI=1S/C15H15ClFNO2/c1-15(2)6-13(19)10(14(20)7-15)8-18-12-4-3-9(16)5-11(12)17/h3-5,8,19H,6-7H2,1-2H3. The van der Waals surface area contributed by atoms with Gasteiger partial charge in [-0.15, -0.1) is 0 Å². The second-order valence-corrected chi connectivity index (χ2v) is 6.09. The summed E-state index contributed by atoms with van der Waals surface area (Å²) in [4.78, 5) is 15.9. The molecule has 0 spiro atoms. The minimum atomic E-state index is -0.572. The minimum absolute atomic E-state index is 0.00405. The summed E-state index contributed by atoms with van der Waals surface area (Å²) >= 11 is 5.65. The van der Waals surface area contributed by atoms with E-state index in [0.717, 1.165) is 6.07 Å². The number of allylic oxidation sites excluding steroid dienone is 2. The highest BCUT2D eigenvalue weighted by atomic mass is 35.5. The second kappa shape index (κ2) is 5.37. The Bertz CT molecular complexity index is 620. The van der Waals surface area contributed by atoms with Gasteiger partial charge in [-0.05, 0) is 23.6 Å². The van der Waals surface area contributed by atoms with Crippen LogP contribution in [-0.2, 0) is 4.79 Å². The highest BCUT2D eigenvalue weighted by molar-refractivity contribution is 6.30. The fraction of sp³-hybridized carbons (Fsp3) is 0.333. The van der Waals surface area contributed by atoms with Crippen LogP contribution in [0.2, 0.25) is 5.02 Å². The third-order valence-corrected chi connectivity index (χ3v) is 3.37. The number of aliphatic hydroxyl groups excluding tert-OH is 1. The van der Waals surface area contributed by atoms with E-state index in [2.05, 4.69) is 4.99 Å². The lowest BCUT2D eigenvalue weighted by molar-refractivity contribution is -0.117. The fourth-order valence-corrected chi connectivity index (χ4v) is 2.33. The molecule has 20 heavy (non-hydrogen) atoms. The Hall–Kier alpha value is -1.68. The van der Waals surface area contributed by atoms with Gasteiger partial charge in [0.2, 0.25) is 0 Å². The van der Waals surface area contributed by atoms with Crippen LogP contribution in [0.15, 0.2) is 34.5 Å². The molecule has 1 aromatic rings. The quantitative estimate of drug-likeness (QED) is 0.823. The van der Waals surface area contributed by atoms with Crippen molar-refractivity contribution in [2.45, 2.75) is 26.7 Å². The van der Waals surface area contributed by atoms with E-state index >= 15 is 0 Å². The van der Waals surface area contributed by atoms with E-state index in [-0.39, 0.29) is 33.2 Å². The van der Waals surface area contributed by atoms with Crippen LogP contribution in [0, 0.1) is 11.2 Å². The van der Waals surface area contributed by atoms with Gasteiger partial charge in [-0.1, -0.05) is 25.4 Å². The molecule has 1 aliphatic rings. The molecule has 0 saturated carbocycles. The molecule has 0 fully saturated rings. The molecule has 5 heteroatoms. The molecular weight excluding hydrogens is 281 g/mol. The van der Waals surface area contributed by atoms with E-state index in [4.69, 9.17) is 11.6 Å². The lowest BCUT2D eigenvalue weighted by Crippen LogP contribution is -2.26. The van der Waals surface area contributed by atoms with Crippen LogP contribution in [-0.4, -0.2) is 17.1 Å². The fourth-order valence-electron chi connectivity index (χ4n) is 2.17. The number of hydrogen-bond donors (Lipinski definition) is 1. The molecule has 0 aliphatic heterocycles. The van der Waals surface area contributed by atoms with Crippen molar-refractivity contribution in [1.29, 1.82) is 0 Å². The van der Waals surface area contributed by atoms with Crippen molar-refractivity contribution in [2.24, 2.45) is 10.4 Å². The Morgan fingerprint density at radius 3 is 2.70 bits per heavy atom. The largest absolute Gasteiger partial charge is 0.511 e. The first kappa shape index (κ1) is 14.7. The Morgan fingerprint density at radius 1 is 1.40 bits per heavy atom. The van der Waals surface area contributed by atoms with Gasteiger partial charge in [0.25, 0.3) is 0 Å². The Kier molecular flexibility index (Phi) is 3.95. The number of halogens is 2. The first-order valence-corrected chi connectivity index (χ1v) is 6.61. The smallest absolute Gasteiger partial charge is 0.168 e. The maximum Gasteiger partial charge on any atom is 0.168 e. The molecular formula is C15H15ClFNO2. The molecule has 1 aliphatic carbocycles. The van der Waals surface area contributed by atoms with E-state index in [1.165, 1.54) is 18.3 Å². The number of ketones is 1. The second-order valence-electron chi connectivity index (χ2n) is 5.66. The zero-order chi connectivity index (χ0) is 14.9. The van der Waals surface area contributed by atoms with Crippen molar-refractivity contribution in [3.63, 3.8) is 0 Å². The van der Waals surface area contributed by atoms with E-state index in [0.29, 0.717) is 12.8 Å². The van der Waals surface area contributed by atoms with Crippen LogP contribution >= 0.6 is 11.6 Å². The van der Waals surface area contributed by atoms with Crippen LogP contribution in [0.1, 0.15) is 26.7 Å². The van der Waals surface area contributed by atoms with Crippen molar-refractivity contribution in [1.82, 2.24) is 0 Å². The highest BCUT2D eigenvalue weighted by Crippen LogP contribution is 2.35. The number of nitrogens with zero attached hydrogens (tertiary/aromatic N) is 1. The molecule has 1 aromatic carbocycles. The maximum absolute atomic E-state index is 13.6. The van der Waals surface area contributed by atoms with Crippen LogP contribution in [0.25, 0.3) is 0 Å². The molecule has 0 radical (unpaired) electrons. The Morgan fingerprint density at radius 2 is 2.10 bits per heavy atom. The van der Waals surface area contributed by atoms with E-state index in [9.17, 15) is 14.3 Å². The summed E-state index contributed by atoms with van der Waals surface area (Å²) in [7, 11) is 0. The summed E-state index contributed by atoms with van der Waals surface area (Å²) in [6, 6.07) is 4.08. The predicted octanol–water partition coefficient (Wildman–Crippen LogP) is 4.38. The maximum atomic E-state index is 13.6. The molecule has 0 bridgehead atoms. The number of carbonyl (C=O) groups excluding carboxylic acids is 1. The van der Waals surface area contributed by atoms with Crippen molar-refractivity contribution >= 4 is 29.3 Å². The number of rotatable bonds is 2. The summed E-state index contributed by atoms with van der Waals surface area (Å²) in [6.07, 6.45) is 1.96. The van der Waals surface area contributed by atoms with Crippen molar-refractivity contribution < 1.29 is 14.3 Å². The van der Waals surface area contributed by atoms with Crippen LogP contribution in [0.4, 0.5) is 10.1 Å². The first-order valence-electron chi connectivity index (χ1n) is 6.23. The molecule has 0 atom stereocenters. The van der Waals surface area contributed by atoms with Crippen molar-refractivity contribution in [2.75, 3.05) is 0 Å². The average Bonchev–Trinajstić information content (AvgIpc) is 2.28. The molecule has 0 saturated heterocycles. The predicted molar refractivity (Wildman–Crippen MR) is 77.2 cm³/mol. The third-order valence-electron chi connectivity index (χ3n) is 3.14. The summed E-state index contributed by atoms with van der Waals surface area (Å²) in [5, 5.41) is 10.2. The summed E-state index contributed by atoms with van der Waals surface area (Å²) in [5.74, 6) is -0.751. The van der Waals surface area contributed by atoms with Gasteiger partial charge >= 0.3 is 0 Å². The molecule has 2 rings (SSSR count). The number of benzene rings is 1. The van der Waals surface area contributed by atoms with Gasteiger partial charge in [0.1, 0.15) is 11.6 Å². The number of aliphatic imine (C=N–C) groups is 1. The summed E-state index contributed by atoms with van der Waals surface area (Å²) < 4.78 is 13.6. The van der Waals surface area contributed by atoms with Crippen molar-refractivity contribution in [3.05, 3.63) is 40.4 Å². The van der Waals surface area contributed by atoms with Crippen LogP contribution < -0.4 is 0 Å². The molecule has 0 heterocycles. The molecule has 1 N–H and O–H groups in total. The van der Waals surface area contributed by atoms with E-state index < -0.39 is 5.82 Å². The van der Waals surface area contributed by atoms with E-state index in [1.807, 2.05) is 13.8 Å². The third kappa shape index (κ3) is 3.25. The topological polar surface area (TPSA) is 49.7 Å². The number of aliphatic hydroxyl groups is 1. The van der Waals surface area contributed by atoms with Gasteiger partial charge in [0, 0.05) is 24.1 Å². The van der Waals surface area contributed by atoms with Gasteiger partial charge in [0.15, 0.2) is 5.78 Å². The molecule has 106 valence electrons. The Labute approximate surface area is 121 Å². The van der Waals surface area contributed by atoms with Gasteiger partial charge in [-0.25, -0.2) is 4.39 Å². The molecule has 0 amide bonds. The normalized spacial score (nSPS) is 18.9. The monoisotopic (exact) mass is 295 g/mol. The summed E-state index contributed by atoms with van der Waals surface area (Å²) in [5.41, 5.74) is -0.0321. The van der Waals surface area contributed by atoms with E-state index in [1.54, 1.807) is 0 Å². The summed E-state index contributed by atoms with van der Waals surface area (Å²) in [6.45, 7) is 3.82. The van der Waals surface area contributed by atoms with Crippen molar-refractivity contribution in [3.8, 4) is 0 Å². The number of carbonyl (C=O) groups is 1. The molecule has 3 nitrogen and oxygen atoms in total. The zero-order valence-corrected chi connectivity index (χ0v) is 12.0. The first-order chi connectivity index (χ1) is 9.28. The SMILES string of the molecule is CC1(C)CC(=O)C(C=Nc2ccc(Cl)cc2F)=C(O)C1. The van der Waals surface area contributed by atoms with Gasteiger partial charge in [0.05, 0.1) is 11.3 Å². The number of hydrogen-bond acceptors (Lipinski definition) is 3.